The minimum atomic E-state index is -0.327. The third-order valence-electron chi connectivity index (χ3n) is 2.32. The molecule has 0 aliphatic rings. The highest BCUT2D eigenvalue weighted by Gasteiger charge is 2.21. The van der Waals surface area contributed by atoms with Gasteiger partial charge in [0, 0.05) is 12.6 Å². The van der Waals surface area contributed by atoms with Gasteiger partial charge in [-0.25, -0.2) is 0 Å². The Kier molecular flexibility index (Phi) is 7.88. The van der Waals surface area contributed by atoms with E-state index in [-0.39, 0.29) is 18.0 Å². The van der Waals surface area contributed by atoms with Crippen LogP contribution in [0.3, 0.4) is 0 Å². The van der Waals surface area contributed by atoms with Gasteiger partial charge in [0.1, 0.15) is 0 Å². The number of rotatable bonds is 7. The summed E-state index contributed by atoms with van der Waals surface area (Å²) in [6, 6.07) is -0.0795. The molecule has 15 heavy (non-hydrogen) atoms. The number of nitrogens with zero attached hydrogens (tertiary/aromatic N) is 1. The first-order valence-electron chi connectivity index (χ1n) is 5.59. The van der Waals surface area contributed by atoms with Crippen molar-refractivity contribution >= 4 is 17.7 Å². The van der Waals surface area contributed by atoms with Crippen molar-refractivity contribution in [2.75, 3.05) is 18.6 Å². The third-order valence-corrected chi connectivity index (χ3v) is 2.97. The Morgan fingerprint density at radius 3 is 2.47 bits per heavy atom. The lowest BCUT2D eigenvalue weighted by Crippen LogP contribution is -2.47. The van der Waals surface area contributed by atoms with Gasteiger partial charge in [0.25, 0.3) is 0 Å². The van der Waals surface area contributed by atoms with Crippen molar-refractivity contribution in [3.63, 3.8) is 0 Å². The minimum absolute atomic E-state index is 0.0981. The monoisotopic (exact) mass is 232 g/mol. The molecule has 2 N–H and O–H groups in total. The van der Waals surface area contributed by atoms with Crippen molar-refractivity contribution in [3.05, 3.63) is 0 Å². The first kappa shape index (κ1) is 14.8. The van der Waals surface area contributed by atoms with Crippen molar-refractivity contribution in [3.8, 4) is 0 Å². The van der Waals surface area contributed by atoms with E-state index in [1.54, 1.807) is 11.8 Å². The Labute approximate surface area is 97.8 Å². The Morgan fingerprint density at radius 1 is 1.47 bits per heavy atom. The molecule has 4 heteroatoms. The summed E-state index contributed by atoms with van der Waals surface area (Å²) in [7, 11) is 0. The zero-order valence-corrected chi connectivity index (χ0v) is 11.1. The van der Waals surface area contributed by atoms with Crippen molar-refractivity contribution in [2.24, 2.45) is 5.73 Å². The summed E-state index contributed by atoms with van der Waals surface area (Å²) in [6.45, 7) is 6.96. The summed E-state index contributed by atoms with van der Waals surface area (Å²) < 4.78 is 0. The lowest BCUT2D eigenvalue weighted by Gasteiger charge is -2.29. The normalized spacial score (nSPS) is 12.9. The van der Waals surface area contributed by atoms with Crippen LogP contribution in [0, 0.1) is 0 Å². The lowest BCUT2D eigenvalue weighted by atomic mass is 10.1. The van der Waals surface area contributed by atoms with E-state index in [0.29, 0.717) is 0 Å². The number of amides is 1. The molecule has 0 unspecified atom stereocenters. The number of hydrogen-bond donors (Lipinski definition) is 1. The maximum Gasteiger partial charge on any atom is 0.239 e. The number of nitrogens with two attached hydrogens (primary N) is 1. The Hall–Kier alpha value is -0.220. The maximum absolute atomic E-state index is 12.0. The van der Waals surface area contributed by atoms with Crippen molar-refractivity contribution < 1.29 is 4.79 Å². The van der Waals surface area contributed by atoms with Crippen LogP contribution in [0.1, 0.15) is 33.6 Å². The fourth-order valence-electron chi connectivity index (χ4n) is 1.45. The average molecular weight is 232 g/mol. The number of hydrogen-bond acceptors (Lipinski definition) is 3. The molecule has 0 bridgehead atoms. The van der Waals surface area contributed by atoms with Gasteiger partial charge in [0.2, 0.25) is 5.91 Å². The second-order valence-corrected chi connectivity index (χ2v) is 5.00. The van der Waals surface area contributed by atoms with Crippen LogP contribution in [0.2, 0.25) is 0 Å². The standard InChI is InChI=1S/C11H24N2OS/c1-5-7-13(9(2)3)11(14)10(12)6-8-15-4/h9-10H,5-8,12H2,1-4H3/t10-/m0/s1. The number of thioether (sulfide) groups is 1. The summed E-state index contributed by atoms with van der Waals surface area (Å²) >= 11 is 1.73. The van der Waals surface area contributed by atoms with Crippen LogP contribution in [0.25, 0.3) is 0 Å². The van der Waals surface area contributed by atoms with E-state index in [2.05, 4.69) is 6.92 Å². The minimum Gasteiger partial charge on any atom is -0.339 e. The predicted octanol–water partition coefficient (Wildman–Crippen LogP) is 1.71. The number of carbonyl (C=O) groups is 1. The van der Waals surface area contributed by atoms with Crippen molar-refractivity contribution in [2.45, 2.75) is 45.7 Å². The molecule has 0 radical (unpaired) electrons. The van der Waals surface area contributed by atoms with Crippen LogP contribution in [-0.2, 0) is 4.79 Å². The maximum atomic E-state index is 12.0. The molecule has 0 aromatic heterocycles. The van der Waals surface area contributed by atoms with Gasteiger partial charge in [-0.1, -0.05) is 6.92 Å². The molecule has 0 fully saturated rings. The first-order chi connectivity index (χ1) is 7.04. The molecular weight excluding hydrogens is 208 g/mol. The summed E-state index contributed by atoms with van der Waals surface area (Å²) in [5.74, 6) is 1.05. The van der Waals surface area contributed by atoms with Gasteiger partial charge in [-0.2, -0.15) is 11.8 Å². The van der Waals surface area contributed by atoms with E-state index in [9.17, 15) is 4.79 Å². The van der Waals surface area contributed by atoms with Gasteiger partial charge in [0.05, 0.1) is 6.04 Å². The molecule has 0 saturated heterocycles. The van der Waals surface area contributed by atoms with Crippen LogP contribution in [-0.4, -0.2) is 41.4 Å². The SMILES string of the molecule is CCCN(C(=O)[C@@H](N)CCSC)C(C)C. The average Bonchev–Trinajstić information content (AvgIpc) is 2.21. The predicted molar refractivity (Wildman–Crippen MR) is 68.1 cm³/mol. The molecule has 1 amide bonds. The van der Waals surface area contributed by atoms with Gasteiger partial charge in [-0.05, 0) is 38.7 Å². The quantitative estimate of drug-likeness (QED) is 0.727. The lowest BCUT2D eigenvalue weighted by molar-refractivity contribution is -0.134. The van der Waals surface area contributed by atoms with Crippen LogP contribution in [0.5, 0.6) is 0 Å². The zero-order chi connectivity index (χ0) is 11.8. The van der Waals surface area contributed by atoms with E-state index >= 15 is 0 Å². The number of carbonyl (C=O) groups excluding carboxylic acids is 1. The molecule has 0 saturated carbocycles. The largest absolute Gasteiger partial charge is 0.339 e. The second-order valence-electron chi connectivity index (χ2n) is 4.01. The zero-order valence-electron chi connectivity index (χ0n) is 10.3. The van der Waals surface area contributed by atoms with E-state index in [1.165, 1.54) is 0 Å². The van der Waals surface area contributed by atoms with Gasteiger partial charge in [0.15, 0.2) is 0 Å². The van der Waals surface area contributed by atoms with Gasteiger partial charge in [-0.3, -0.25) is 4.79 Å². The highest BCUT2D eigenvalue weighted by atomic mass is 32.2. The van der Waals surface area contributed by atoms with E-state index in [0.717, 1.165) is 25.1 Å². The highest BCUT2D eigenvalue weighted by Crippen LogP contribution is 2.06. The summed E-state index contributed by atoms with van der Waals surface area (Å²) in [6.07, 6.45) is 3.79. The Balaban J connectivity index is 4.22. The highest BCUT2D eigenvalue weighted by molar-refractivity contribution is 7.98. The summed E-state index contributed by atoms with van der Waals surface area (Å²) in [4.78, 5) is 13.9. The molecule has 3 nitrogen and oxygen atoms in total. The topological polar surface area (TPSA) is 46.3 Å². The fourth-order valence-corrected chi connectivity index (χ4v) is 1.93. The van der Waals surface area contributed by atoms with E-state index < -0.39 is 0 Å². The molecule has 0 spiro atoms. The Morgan fingerprint density at radius 2 is 2.07 bits per heavy atom. The molecule has 0 rings (SSSR count). The second kappa shape index (κ2) is 7.99. The van der Waals surface area contributed by atoms with Gasteiger partial charge in [-0.15, -0.1) is 0 Å². The molecular formula is C11H24N2OS. The molecule has 0 aliphatic heterocycles. The van der Waals surface area contributed by atoms with Gasteiger partial charge >= 0.3 is 0 Å². The van der Waals surface area contributed by atoms with Crippen LogP contribution < -0.4 is 5.73 Å². The molecule has 0 aromatic rings. The molecule has 1 atom stereocenters. The van der Waals surface area contributed by atoms with Crippen LogP contribution in [0.4, 0.5) is 0 Å². The molecule has 0 heterocycles. The summed E-state index contributed by atoms with van der Waals surface area (Å²) in [5.41, 5.74) is 5.87. The smallest absolute Gasteiger partial charge is 0.239 e. The fraction of sp³-hybridized carbons (Fsp3) is 0.909. The van der Waals surface area contributed by atoms with E-state index in [1.807, 2.05) is 25.0 Å². The summed E-state index contributed by atoms with van der Waals surface area (Å²) in [5, 5.41) is 0. The third kappa shape index (κ3) is 5.42. The first-order valence-corrected chi connectivity index (χ1v) is 6.98. The van der Waals surface area contributed by atoms with Crippen molar-refractivity contribution in [1.29, 1.82) is 0 Å². The molecule has 90 valence electrons. The molecule has 0 aromatic carbocycles. The van der Waals surface area contributed by atoms with E-state index in [4.69, 9.17) is 5.73 Å². The van der Waals surface area contributed by atoms with Crippen LogP contribution in [0.15, 0.2) is 0 Å². The van der Waals surface area contributed by atoms with Gasteiger partial charge < -0.3 is 10.6 Å². The Bertz CT molecular complexity index is 185. The molecule has 0 aliphatic carbocycles. The van der Waals surface area contributed by atoms with Crippen LogP contribution >= 0.6 is 11.8 Å². The van der Waals surface area contributed by atoms with Crippen molar-refractivity contribution in [1.82, 2.24) is 4.90 Å².